The molecule has 184 valence electrons. The van der Waals surface area contributed by atoms with Gasteiger partial charge < -0.3 is 20.4 Å². The fourth-order valence-corrected chi connectivity index (χ4v) is 5.81. The number of fused-ring (bicyclic) bond motifs is 1. The average molecular weight is 505 g/mol. The zero-order valence-electron chi connectivity index (χ0n) is 20.8. The molecule has 1 amide bonds. The zero-order valence-corrected chi connectivity index (χ0v) is 22.3. The van der Waals surface area contributed by atoms with Gasteiger partial charge in [-0.2, -0.15) is 0 Å². The molecule has 4 rings (SSSR count). The van der Waals surface area contributed by atoms with Gasteiger partial charge in [0, 0.05) is 39.3 Å². The number of carbonyl (C=O) groups excluding carboxylic acids is 1. The number of hydrogen-bond acceptors (Lipinski definition) is 3. The van der Waals surface area contributed by atoms with E-state index in [9.17, 15) is 4.79 Å². The summed E-state index contributed by atoms with van der Waals surface area (Å²) < 4.78 is 6.17. The quantitative estimate of drug-likeness (QED) is 0.429. The lowest BCUT2D eigenvalue weighted by molar-refractivity contribution is -0.124. The van der Waals surface area contributed by atoms with E-state index in [1.54, 1.807) is 0 Å². The van der Waals surface area contributed by atoms with Crippen molar-refractivity contribution >= 4 is 45.6 Å². The van der Waals surface area contributed by atoms with Crippen LogP contribution in [0.2, 0.25) is 10.0 Å². The largest absolute Gasteiger partial charge is 0.491 e. The third-order valence-corrected chi connectivity index (χ3v) is 7.10. The average Bonchev–Trinajstić information content (AvgIpc) is 3.07. The van der Waals surface area contributed by atoms with Crippen LogP contribution < -0.4 is 10.6 Å². The van der Waals surface area contributed by atoms with Crippen molar-refractivity contribution in [2.75, 3.05) is 0 Å². The van der Waals surface area contributed by atoms with Crippen LogP contribution in [-0.4, -0.2) is 34.1 Å². The topological polar surface area (TPSA) is 66.2 Å². The van der Waals surface area contributed by atoms with Gasteiger partial charge in [0.25, 0.3) is 0 Å². The highest BCUT2D eigenvalue weighted by atomic mass is 35.5. The number of halogens is 2. The van der Waals surface area contributed by atoms with Gasteiger partial charge in [0.05, 0.1) is 22.1 Å². The number of carbonyl (C=O) groups is 1. The highest BCUT2D eigenvalue weighted by Gasteiger charge is 2.39. The molecule has 3 N–H and O–H groups in total. The minimum atomic E-state index is -0.271. The van der Waals surface area contributed by atoms with E-state index in [2.05, 4.69) is 49.4 Å². The van der Waals surface area contributed by atoms with Crippen LogP contribution in [0.4, 0.5) is 0 Å². The Morgan fingerprint density at radius 3 is 2.38 bits per heavy atom. The van der Waals surface area contributed by atoms with Crippen molar-refractivity contribution in [1.29, 1.82) is 0 Å². The summed E-state index contributed by atoms with van der Waals surface area (Å²) in [5.74, 6) is 0.497. The maximum absolute atomic E-state index is 13.3. The van der Waals surface area contributed by atoms with Crippen molar-refractivity contribution in [1.82, 2.24) is 15.6 Å². The smallest absolute Gasteiger partial charge is 0.227 e. The summed E-state index contributed by atoms with van der Waals surface area (Å²) in [6, 6.07) is 5.86. The summed E-state index contributed by atoms with van der Waals surface area (Å²) in [6.45, 7) is 12.8. The Morgan fingerprint density at radius 1 is 1.09 bits per heavy atom. The second kappa shape index (κ2) is 9.25. The van der Waals surface area contributed by atoms with Gasteiger partial charge in [-0.15, -0.1) is 0 Å². The summed E-state index contributed by atoms with van der Waals surface area (Å²) in [5, 5.41) is 9.00. The lowest BCUT2D eigenvalue weighted by Crippen LogP contribution is -2.62. The van der Waals surface area contributed by atoms with Crippen LogP contribution in [0.1, 0.15) is 66.5 Å². The van der Waals surface area contributed by atoms with E-state index in [1.165, 1.54) is 0 Å². The first-order chi connectivity index (χ1) is 15.8. The Labute approximate surface area is 212 Å². The number of piperidine rings is 1. The highest BCUT2D eigenvalue weighted by Crippen LogP contribution is 2.36. The van der Waals surface area contributed by atoms with Crippen molar-refractivity contribution in [2.45, 2.75) is 84.0 Å². The van der Waals surface area contributed by atoms with Gasteiger partial charge in [-0.3, -0.25) is 4.79 Å². The van der Waals surface area contributed by atoms with Crippen LogP contribution in [0.25, 0.3) is 16.5 Å². The number of aromatic nitrogens is 1. The minimum absolute atomic E-state index is 0.0178. The third-order valence-electron chi connectivity index (χ3n) is 6.38. The first-order valence-electron chi connectivity index (χ1n) is 12.0. The molecule has 34 heavy (non-hydrogen) atoms. The molecule has 1 unspecified atom stereocenters. The number of benzene rings is 1. The van der Waals surface area contributed by atoms with Gasteiger partial charge in [-0.1, -0.05) is 29.3 Å². The summed E-state index contributed by atoms with van der Waals surface area (Å²) in [5.41, 5.74) is 2.72. The van der Waals surface area contributed by atoms with Crippen molar-refractivity contribution in [3.63, 3.8) is 0 Å². The summed E-state index contributed by atoms with van der Waals surface area (Å²) in [4.78, 5) is 16.7. The molecule has 1 saturated heterocycles. The molecule has 0 spiro atoms. The fourth-order valence-electron chi connectivity index (χ4n) is 5.47. The summed E-state index contributed by atoms with van der Waals surface area (Å²) in [7, 11) is 0. The van der Waals surface area contributed by atoms with Crippen LogP contribution in [-0.2, 0) is 9.53 Å². The standard InChI is InChI=1S/C27H35Cl2N3O2/c1-15(2)34-24-11-16(25(33)30-18-13-26(3,4)32-27(5,6)14-18)7-8-19(24)23-10-17-9-20(28)21(29)12-22(17)31-23/h8-12,15-16,18,31-32H,7,13-14H2,1-6H3,(H,30,33). The summed E-state index contributed by atoms with van der Waals surface area (Å²) >= 11 is 12.4. The Balaban J connectivity index is 1.56. The van der Waals surface area contributed by atoms with Crippen molar-refractivity contribution < 1.29 is 9.53 Å². The Hall–Kier alpha value is -1.95. The molecule has 2 heterocycles. The van der Waals surface area contributed by atoms with Gasteiger partial charge >= 0.3 is 0 Å². The highest BCUT2D eigenvalue weighted by molar-refractivity contribution is 6.42. The van der Waals surface area contributed by atoms with E-state index < -0.39 is 0 Å². The molecule has 1 aromatic carbocycles. The number of H-pyrrole nitrogens is 1. The maximum Gasteiger partial charge on any atom is 0.227 e. The Bertz CT molecular complexity index is 1110. The number of allylic oxidation sites excluding steroid dienone is 2. The minimum Gasteiger partial charge on any atom is -0.491 e. The molecular formula is C27H35Cl2N3O2. The Kier molecular flexibility index (Phi) is 6.84. The van der Waals surface area contributed by atoms with Gasteiger partial charge in [0.1, 0.15) is 5.76 Å². The Morgan fingerprint density at radius 2 is 1.74 bits per heavy atom. The lowest BCUT2D eigenvalue weighted by Gasteiger charge is -2.46. The van der Waals surface area contributed by atoms with E-state index in [-0.39, 0.29) is 35.0 Å². The van der Waals surface area contributed by atoms with Gasteiger partial charge in [-0.25, -0.2) is 0 Å². The van der Waals surface area contributed by atoms with Crippen LogP contribution in [0.3, 0.4) is 0 Å². The first-order valence-corrected chi connectivity index (χ1v) is 12.7. The van der Waals surface area contributed by atoms with Gasteiger partial charge in [0.2, 0.25) is 5.91 Å². The normalized spacial score (nSPS) is 22.4. The molecule has 7 heteroatoms. The molecular weight excluding hydrogens is 469 g/mol. The van der Waals surface area contributed by atoms with E-state index in [0.29, 0.717) is 16.5 Å². The molecule has 2 aromatic rings. The molecule has 5 nitrogen and oxygen atoms in total. The molecule has 0 bridgehead atoms. The van der Waals surface area contributed by atoms with Crippen molar-refractivity contribution in [3.8, 4) is 0 Å². The number of amides is 1. The van der Waals surface area contributed by atoms with Crippen LogP contribution in [0, 0.1) is 5.92 Å². The van der Waals surface area contributed by atoms with E-state index in [1.807, 2.05) is 38.1 Å². The molecule has 0 radical (unpaired) electrons. The van der Waals surface area contributed by atoms with Crippen LogP contribution in [0.5, 0.6) is 0 Å². The first kappa shape index (κ1) is 25.2. The number of aromatic amines is 1. The molecule has 1 fully saturated rings. The molecule has 1 atom stereocenters. The van der Waals surface area contributed by atoms with Crippen LogP contribution >= 0.6 is 23.2 Å². The number of ether oxygens (including phenoxy) is 1. The maximum atomic E-state index is 13.3. The molecule has 1 aliphatic carbocycles. The lowest BCUT2D eigenvalue weighted by atomic mass is 9.79. The SMILES string of the molecule is CC(C)OC1=CC(C(=O)NC2CC(C)(C)NC(C)(C)C2)CC=C1c1cc2cc(Cl)c(Cl)cc2[nH]1. The fraction of sp³-hybridized carbons (Fsp3) is 0.519. The molecule has 1 aromatic heterocycles. The molecule has 0 saturated carbocycles. The molecule has 2 aliphatic rings. The van der Waals surface area contributed by atoms with Crippen molar-refractivity contribution in [3.05, 3.63) is 51.8 Å². The number of hydrogen-bond donors (Lipinski definition) is 3. The van der Waals surface area contributed by atoms with Gasteiger partial charge in [0.15, 0.2) is 0 Å². The van der Waals surface area contributed by atoms with Gasteiger partial charge in [-0.05, 0) is 85.1 Å². The van der Waals surface area contributed by atoms with E-state index in [4.69, 9.17) is 27.9 Å². The predicted octanol–water partition coefficient (Wildman–Crippen LogP) is 6.61. The van der Waals surface area contributed by atoms with Crippen LogP contribution in [0.15, 0.2) is 36.1 Å². The monoisotopic (exact) mass is 503 g/mol. The second-order valence-electron chi connectivity index (χ2n) is 11.2. The summed E-state index contributed by atoms with van der Waals surface area (Å²) in [6.07, 6.45) is 6.45. The van der Waals surface area contributed by atoms with E-state index in [0.717, 1.165) is 40.8 Å². The van der Waals surface area contributed by atoms with E-state index >= 15 is 0 Å². The zero-order chi connectivity index (χ0) is 24.8. The molecule has 1 aliphatic heterocycles. The van der Waals surface area contributed by atoms with Crippen molar-refractivity contribution in [2.24, 2.45) is 5.92 Å². The predicted molar refractivity (Wildman–Crippen MR) is 141 cm³/mol. The number of rotatable bonds is 5. The second-order valence-corrected chi connectivity index (χ2v) is 12.0. The number of nitrogens with one attached hydrogen (secondary N) is 3. The third kappa shape index (κ3) is 5.64.